The highest BCUT2D eigenvalue weighted by Crippen LogP contribution is 2.49. The van der Waals surface area contributed by atoms with Gasteiger partial charge in [-0.3, -0.25) is 19.1 Å². The maximum Gasteiger partial charge on any atom is 0.405 e. The van der Waals surface area contributed by atoms with Gasteiger partial charge in [0.25, 0.3) is 5.91 Å². The van der Waals surface area contributed by atoms with Crippen LogP contribution in [0.5, 0.6) is 11.6 Å². The Balaban J connectivity index is 1.23. The largest absolute Gasteiger partial charge is 0.483 e. The normalized spacial score (nSPS) is 30.1. The molecular weight excluding hydrogens is 680 g/mol. The summed E-state index contributed by atoms with van der Waals surface area (Å²) in [5.41, 5.74) is 0.194. The van der Waals surface area contributed by atoms with Crippen LogP contribution >= 0.6 is 0 Å². The molecule has 2 aromatic rings. The molecule has 274 valence electrons. The first-order chi connectivity index (χ1) is 24.2. The number of aryl methyl sites for hydroxylation is 2. The second-order valence-corrected chi connectivity index (χ2v) is 17.1. The van der Waals surface area contributed by atoms with Gasteiger partial charge in [-0.2, -0.15) is 0 Å². The molecule has 4 amide bonds. The van der Waals surface area contributed by atoms with E-state index in [0.717, 1.165) is 18.4 Å². The first kappa shape index (κ1) is 35.0. The zero-order valence-electron chi connectivity index (χ0n) is 29.0. The van der Waals surface area contributed by atoms with E-state index in [2.05, 4.69) is 20.3 Å². The van der Waals surface area contributed by atoms with Crippen LogP contribution in [-0.4, -0.2) is 93.8 Å². The number of nitrogens with one attached hydrogen (secondary N) is 3. The van der Waals surface area contributed by atoms with Crippen molar-refractivity contribution in [1.29, 1.82) is 0 Å². The average molecular weight is 725 g/mol. The van der Waals surface area contributed by atoms with E-state index >= 15 is 0 Å². The van der Waals surface area contributed by atoms with Crippen LogP contribution in [0.2, 0.25) is 0 Å². The van der Waals surface area contributed by atoms with Crippen molar-refractivity contribution >= 4 is 44.9 Å². The Labute approximate surface area is 296 Å². The SMILES string of the molecule is COc1ccc2nc(C)c3c(c2n1)CC[C@]1(C[C@H]2C(=O)N[C@]4(C(=O)NS(=O)(=O)C5(C)CC5)C[C@H]4C=CCCCCC[C@H](NC(=O)O)C(=O)N2C1)O3. The Bertz CT molecular complexity index is 1950. The molecule has 0 bridgehead atoms. The van der Waals surface area contributed by atoms with Gasteiger partial charge in [-0.25, -0.2) is 23.2 Å². The first-order valence-corrected chi connectivity index (χ1v) is 19.1. The van der Waals surface area contributed by atoms with Crippen molar-refractivity contribution in [3.05, 3.63) is 35.5 Å². The number of fused-ring (bicyclic) bond motifs is 5. The number of sulfonamides is 1. The lowest BCUT2D eigenvalue weighted by Crippen LogP contribution is -2.58. The molecule has 51 heavy (non-hydrogen) atoms. The molecule has 5 atom stereocenters. The Kier molecular flexibility index (Phi) is 8.66. The van der Waals surface area contributed by atoms with Crippen LogP contribution in [0.1, 0.15) is 82.4 Å². The third-order valence-corrected chi connectivity index (χ3v) is 13.5. The van der Waals surface area contributed by atoms with Gasteiger partial charge in [0, 0.05) is 24.0 Å². The molecule has 2 aliphatic carbocycles. The van der Waals surface area contributed by atoms with Crippen molar-refractivity contribution in [3.8, 4) is 11.6 Å². The van der Waals surface area contributed by atoms with Gasteiger partial charge >= 0.3 is 6.09 Å². The highest BCUT2D eigenvalue weighted by molar-refractivity contribution is 7.91. The summed E-state index contributed by atoms with van der Waals surface area (Å²) in [7, 11) is -2.46. The van der Waals surface area contributed by atoms with Crippen molar-refractivity contribution in [1.82, 2.24) is 30.2 Å². The second kappa shape index (κ2) is 12.6. The Hall–Kier alpha value is -4.47. The molecule has 1 spiro atoms. The van der Waals surface area contributed by atoms with E-state index in [1.54, 1.807) is 13.0 Å². The summed E-state index contributed by atoms with van der Waals surface area (Å²) in [5.74, 6) is -1.53. The summed E-state index contributed by atoms with van der Waals surface area (Å²) in [6, 6.07) is 1.31. The van der Waals surface area contributed by atoms with E-state index in [1.807, 2.05) is 25.1 Å². The summed E-state index contributed by atoms with van der Waals surface area (Å²) >= 11 is 0. The van der Waals surface area contributed by atoms with Crippen molar-refractivity contribution in [2.45, 2.75) is 112 Å². The lowest BCUT2D eigenvalue weighted by Gasteiger charge is -2.36. The molecule has 0 unspecified atom stereocenters. The van der Waals surface area contributed by atoms with Crippen molar-refractivity contribution in [2.75, 3.05) is 13.7 Å². The van der Waals surface area contributed by atoms with Crippen LogP contribution in [0.4, 0.5) is 4.79 Å². The van der Waals surface area contributed by atoms with Gasteiger partial charge < -0.3 is 30.1 Å². The van der Waals surface area contributed by atoms with Gasteiger partial charge in [0.2, 0.25) is 27.7 Å². The number of hydrogen-bond donors (Lipinski definition) is 4. The highest BCUT2D eigenvalue weighted by Gasteiger charge is 2.64. The van der Waals surface area contributed by atoms with E-state index < -0.39 is 67.7 Å². The number of hydrogen-bond acceptors (Lipinski definition) is 10. The molecule has 7 rings (SSSR count). The Morgan fingerprint density at radius 1 is 1.12 bits per heavy atom. The lowest BCUT2D eigenvalue weighted by atomic mass is 9.88. The van der Waals surface area contributed by atoms with Gasteiger partial charge in [-0.1, -0.05) is 25.0 Å². The van der Waals surface area contributed by atoms with Crippen LogP contribution in [-0.2, 0) is 30.8 Å². The van der Waals surface area contributed by atoms with Gasteiger partial charge in [-0.15, -0.1) is 0 Å². The first-order valence-electron chi connectivity index (χ1n) is 17.6. The minimum atomic E-state index is -3.99. The van der Waals surface area contributed by atoms with Gasteiger partial charge in [0.05, 0.1) is 35.1 Å². The quantitative estimate of drug-likeness (QED) is 0.330. The predicted molar refractivity (Wildman–Crippen MR) is 183 cm³/mol. The maximum absolute atomic E-state index is 14.4. The van der Waals surface area contributed by atoms with Crippen LogP contribution in [0.3, 0.4) is 0 Å². The fourth-order valence-corrected chi connectivity index (χ4v) is 9.11. The van der Waals surface area contributed by atoms with Crippen LogP contribution in [0, 0.1) is 12.8 Å². The lowest BCUT2D eigenvalue weighted by molar-refractivity contribution is -0.141. The zero-order chi connectivity index (χ0) is 36.3. The fourth-order valence-electron chi connectivity index (χ4n) is 7.79. The molecule has 5 heterocycles. The Morgan fingerprint density at radius 2 is 1.90 bits per heavy atom. The molecule has 1 saturated heterocycles. The number of carbonyl (C=O) groups is 4. The monoisotopic (exact) mass is 724 g/mol. The van der Waals surface area contributed by atoms with Crippen LogP contribution < -0.4 is 24.8 Å². The summed E-state index contributed by atoms with van der Waals surface area (Å²) in [6.45, 7) is 3.39. The topological polar surface area (TPSA) is 206 Å². The number of carboxylic acid groups (broad SMARTS) is 1. The van der Waals surface area contributed by atoms with Gasteiger partial charge in [0.15, 0.2) is 0 Å². The average Bonchev–Trinajstić information content (AvgIpc) is 3.98. The van der Waals surface area contributed by atoms with E-state index in [0.29, 0.717) is 66.9 Å². The number of rotatable bonds is 5. The minimum absolute atomic E-state index is 0.0144. The summed E-state index contributed by atoms with van der Waals surface area (Å²) < 4.78 is 39.5. The molecule has 15 nitrogen and oxygen atoms in total. The maximum atomic E-state index is 14.4. The number of amides is 4. The van der Waals surface area contributed by atoms with Crippen molar-refractivity contribution in [3.63, 3.8) is 0 Å². The number of nitrogens with zero attached hydrogens (tertiary/aromatic N) is 3. The minimum Gasteiger partial charge on any atom is -0.483 e. The smallest absolute Gasteiger partial charge is 0.405 e. The predicted octanol–water partition coefficient (Wildman–Crippen LogP) is 2.64. The van der Waals surface area contributed by atoms with Crippen molar-refractivity contribution in [2.24, 2.45) is 5.92 Å². The van der Waals surface area contributed by atoms with E-state index in [9.17, 15) is 32.7 Å². The fraction of sp³-hybridized carbons (Fsp3) is 0.600. The third kappa shape index (κ3) is 6.35. The molecular formula is C35H44N6O9S. The van der Waals surface area contributed by atoms with Gasteiger partial charge in [0.1, 0.15) is 29.0 Å². The van der Waals surface area contributed by atoms with Crippen LogP contribution in [0.25, 0.3) is 11.0 Å². The van der Waals surface area contributed by atoms with E-state index in [1.165, 1.54) is 12.0 Å². The number of methoxy groups -OCH3 is 1. The van der Waals surface area contributed by atoms with Crippen molar-refractivity contribution < 1.29 is 42.2 Å². The van der Waals surface area contributed by atoms with E-state index in [4.69, 9.17) is 14.5 Å². The second-order valence-electron chi connectivity index (χ2n) is 14.9. The van der Waals surface area contributed by atoms with Crippen LogP contribution in [0.15, 0.2) is 24.3 Å². The molecule has 3 aliphatic heterocycles. The number of ether oxygens (including phenoxy) is 2. The molecule has 2 aromatic heterocycles. The molecule has 4 N–H and O–H groups in total. The summed E-state index contributed by atoms with van der Waals surface area (Å²) in [6.07, 6.45) is 7.43. The molecule has 5 aliphatic rings. The molecule has 3 fully saturated rings. The number of allylic oxidation sites excluding steroid dienone is 1. The third-order valence-electron chi connectivity index (χ3n) is 11.3. The summed E-state index contributed by atoms with van der Waals surface area (Å²) in [4.78, 5) is 65.1. The molecule has 2 saturated carbocycles. The highest BCUT2D eigenvalue weighted by atomic mass is 32.2. The van der Waals surface area contributed by atoms with E-state index in [-0.39, 0.29) is 25.8 Å². The number of carbonyl (C=O) groups excluding carboxylic acids is 3. The van der Waals surface area contributed by atoms with Gasteiger partial charge in [-0.05, 0) is 71.3 Å². The molecule has 0 aromatic carbocycles. The number of pyridine rings is 2. The number of aromatic nitrogens is 2. The molecule has 0 radical (unpaired) electrons. The molecule has 16 heteroatoms. The summed E-state index contributed by atoms with van der Waals surface area (Å²) in [5, 5.41) is 14.9. The standard InChI is InChI=1S/C35H44N6O9S/c1-20-28-22(27-23(36-20)11-12-26(38-27)49-3)13-14-34(50-28)18-25-29(42)39-35(31(44)40-51(47,48)33(2)15-16-33)17-21(35)9-7-5-4-6-8-10-24(37-32(45)46)30(43)41(25)19-34/h7,9,11-12,21,24-25,37H,4-6,8,10,13-19H2,1-3H3,(H,39,42)(H,40,44)(H,45,46)/t21-,24+,25+,34-,35-/m1/s1. The Morgan fingerprint density at radius 3 is 2.63 bits per heavy atom. The zero-order valence-corrected chi connectivity index (χ0v) is 29.8.